The monoisotopic (exact) mass is 362 g/mol. The first-order chi connectivity index (χ1) is 13.3. The molecule has 0 bridgehead atoms. The number of hydrogen-bond acceptors (Lipinski definition) is 5. The average molecular weight is 362 g/mol. The van der Waals surface area contributed by atoms with Crippen molar-refractivity contribution >= 4 is 5.69 Å². The molecule has 27 heavy (non-hydrogen) atoms. The van der Waals surface area contributed by atoms with Crippen molar-refractivity contribution in [3.63, 3.8) is 0 Å². The predicted molar refractivity (Wildman–Crippen MR) is 107 cm³/mol. The Bertz CT molecular complexity index is 824. The van der Waals surface area contributed by atoms with Crippen LogP contribution in [0.4, 0.5) is 5.69 Å². The highest BCUT2D eigenvalue weighted by molar-refractivity contribution is 5.46. The van der Waals surface area contributed by atoms with Gasteiger partial charge in [-0.25, -0.2) is 4.68 Å². The minimum absolute atomic E-state index is 0.252. The van der Waals surface area contributed by atoms with E-state index < -0.39 is 0 Å². The first kappa shape index (κ1) is 17.7. The number of piperazine rings is 1. The summed E-state index contributed by atoms with van der Waals surface area (Å²) in [5, 5.41) is 12.6. The van der Waals surface area contributed by atoms with Gasteiger partial charge in [-0.05, 0) is 34.5 Å². The lowest BCUT2D eigenvalue weighted by Gasteiger charge is -2.39. The van der Waals surface area contributed by atoms with Crippen LogP contribution < -0.4 is 4.90 Å². The summed E-state index contributed by atoms with van der Waals surface area (Å²) in [5.74, 6) is 0.967. The standard InChI is InChI=1S/C21H26N6/c1-2-20(21-22-23-24-27(21)17-18-9-5-3-6-10-18)26-15-13-25(14-16-26)19-11-7-4-8-12-19/h3-12,20H,2,13-17H2,1H3/t20-/m0/s1. The Morgan fingerprint density at radius 2 is 1.56 bits per heavy atom. The summed E-state index contributed by atoms with van der Waals surface area (Å²) < 4.78 is 1.95. The van der Waals surface area contributed by atoms with Gasteiger partial charge in [0, 0.05) is 31.9 Å². The fourth-order valence-corrected chi connectivity index (χ4v) is 3.85. The molecule has 1 fully saturated rings. The first-order valence-electron chi connectivity index (χ1n) is 9.69. The van der Waals surface area contributed by atoms with Crippen LogP contribution in [0.2, 0.25) is 0 Å². The molecule has 0 radical (unpaired) electrons. The Hall–Kier alpha value is -2.73. The number of benzene rings is 2. The Kier molecular flexibility index (Phi) is 5.44. The average Bonchev–Trinajstić information content (AvgIpc) is 3.18. The van der Waals surface area contributed by atoms with E-state index in [0.717, 1.165) is 38.4 Å². The number of nitrogens with zero attached hydrogens (tertiary/aromatic N) is 6. The van der Waals surface area contributed by atoms with Crippen LogP contribution in [0.3, 0.4) is 0 Å². The number of tetrazole rings is 1. The molecule has 1 saturated heterocycles. The van der Waals surface area contributed by atoms with Crippen molar-refractivity contribution in [3.05, 3.63) is 72.1 Å². The third kappa shape index (κ3) is 4.01. The Morgan fingerprint density at radius 3 is 2.22 bits per heavy atom. The van der Waals surface area contributed by atoms with Crippen molar-refractivity contribution < 1.29 is 0 Å². The largest absolute Gasteiger partial charge is 0.369 e. The fourth-order valence-electron chi connectivity index (χ4n) is 3.85. The molecule has 0 unspecified atom stereocenters. The van der Waals surface area contributed by atoms with E-state index >= 15 is 0 Å². The fraction of sp³-hybridized carbons (Fsp3) is 0.381. The van der Waals surface area contributed by atoms with Crippen LogP contribution in [-0.2, 0) is 6.54 Å². The van der Waals surface area contributed by atoms with Crippen LogP contribution >= 0.6 is 0 Å². The molecule has 140 valence electrons. The molecule has 6 heteroatoms. The lowest BCUT2D eigenvalue weighted by Crippen LogP contribution is -2.48. The molecule has 1 aliphatic rings. The zero-order valence-electron chi connectivity index (χ0n) is 15.8. The zero-order valence-corrected chi connectivity index (χ0v) is 15.8. The van der Waals surface area contributed by atoms with Crippen molar-refractivity contribution in [2.75, 3.05) is 31.1 Å². The van der Waals surface area contributed by atoms with E-state index in [1.54, 1.807) is 0 Å². The van der Waals surface area contributed by atoms with Crippen LogP contribution in [-0.4, -0.2) is 51.3 Å². The highest BCUT2D eigenvalue weighted by Gasteiger charge is 2.28. The maximum atomic E-state index is 4.38. The minimum atomic E-state index is 0.252. The van der Waals surface area contributed by atoms with E-state index in [2.05, 4.69) is 86.8 Å². The van der Waals surface area contributed by atoms with Crippen molar-refractivity contribution in [2.45, 2.75) is 25.9 Å². The zero-order chi connectivity index (χ0) is 18.5. The predicted octanol–water partition coefficient (Wildman–Crippen LogP) is 2.99. The van der Waals surface area contributed by atoms with Crippen molar-refractivity contribution in [3.8, 4) is 0 Å². The summed E-state index contributed by atoms with van der Waals surface area (Å²) in [7, 11) is 0. The molecule has 0 N–H and O–H groups in total. The van der Waals surface area contributed by atoms with Gasteiger partial charge < -0.3 is 4.90 Å². The summed E-state index contributed by atoms with van der Waals surface area (Å²) in [6.45, 7) is 7.03. The number of anilines is 1. The Balaban J connectivity index is 1.45. The topological polar surface area (TPSA) is 50.1 Å². The van der Waals surface area contributed by atoms with Crippen molar-refractivity contribution in [1.82, 2.24) is 25.1 Å². The van der Waals surface area contributed by atoms with Gasteiger partial charge in [0.25, 0.3) is 0 Å². The van der Waals surface area contributed by atoms with Gasteiger partial charge >= 0.3 is 0 Å². The molecule has 1 aliphatic heterocycles. The second-order valence-corrected chi connectivity index (χ2v) is 6.96. The summed E-state index contributed by atoms with van der Waals surface area (Å²) in [4.78, 5) is 4.97. The molecule has 1 aromatic heterocycles. The molecule has 0 saturated carbocycles. The molecule has 2 heterocycles. The summed E-state index contributed by atoms with van der Waals surface area (Å²) in [5.41, 5.74) is 2.52. The highest BCUT2D eigenvalue weighted by atomic mass is 15.6. The smallest absolute Gasteiger partial charge is 0.168 e. The minimum Gasteiger partial charge on any atom is -0.369 e. The van der Waals surface area contributed by atoms with Crippen LogP contribution in [0.5, 0.6) is 0 Å². The lowest BCUT2D eigenvalue weighted by molar-refractivity contribution is 0.169. The quantitative estimate of drug-likeness (QED) is 0.675. The van der Waals surface area contributed by atoms with Gasteiger partial charge in [0.05, 0.1) is 12.6 Å². The molecule has 2 aromatic carbocycles. The number of hydrogen-bond donors (Lipinski definition) is 0. The lowest BCUT2D eigenvalue weighted by atomic mass is 10.1. The van der Waals surface area contributed by atoms with Crippen molar-refractivity contribution in [2.24, 2.45) is 0 Å². The molecule has 0 amide bonds. The van der Waals surface area contributed by atoms with Gasteiger partial charge in [-0.3, -0.25) is 4.90 Å². The normalized spacial score (nSPS) is 16.4. The molecular weight excluding hydrogens is 336 g/mol. The molecule has 0 aliphatic carbocycles. The number of rotatable bonds is 6. The van der Waals surface area contributed by atoms with E-state index in [1.807, 2.05) is 10.7 Å². The van der Waals surface area contributed by atoms with Gasteiger partial charge in [0.2, 0.25) is 0 Å². The highest BCUT2D eigenvalue weighted by Crippen LogP contribution is 2.25. The SMILES string of the molecule is CC[C@@H](c1nnnn1Cc1ccccc1)N1CCN(c2ccccc2)CC1. The summed E-state index contributed by atoms with van der Waals surface area (Å²) >= 11 is 0. The molecule has 6 nitrogen and oxygen atoms in total. The van der Waals surface area contributed by atoms with Crippen LogP contribution in [0, 0.1) is 0 Å². The molecule has 1 atom stereocenters. The third-order valence-corrected chi connectivity index (χ3v) is 5.30. The van der Waals surface area contributed by atoms with Crippen LogP contribution in [0.25, 0.3) is 0 Å². The maximum Gasteiger partial charge on any atom is 0.168 e. The van der Waals surface area contributed by atoms with Crippen LogP contribution in [0.1, 0.15) is 30.8 Å². The Morgan fingerprint density at radius 1 is 0.889 bits per heavy atom. The molecule has 3 aromatic rings. The van der Waals surface area contributed by atoms with Crippen LogP contribution in [0.15, 0.2) is 60.7 Å². The van der Waals surface area contributed by atoms with E-state index in [1.165, 1.54) is 11.3 Å². The second-order valence-electron chi connectivity index (χ2n) is 6.96. The molecular formula is C21H26N6. The van der Waals surface area contributed by atoms with Gasteiger partial charge in [-0.15, -0.1) is 5.10 Å². The van der Waals surface area contributed by atoms with E-state index in [4.69, 9.17) is 0 Å². The summed E-state index contributed by atoms with van der Waals surface area (Å²) in [6.07, 6.45) is 1.00. The third-order valence-electron chi connectivity index (χ3n) is 5.30. The Labute approximate surface area is 160 Å². The van der Waals surface area contributed by atoms with Gasteiger partial charge in [-0.2, -0.15) is 0 Å². The van der Waals surface area contributed by atoms with Gasteiger partial charge in [0.1, 0.15) is 0 Å². The summed E-state index contributed by atoms with van der Waals surface area (Å²) in [6, 6.07) is 21.3. The van der Waals surface area contributed by atoms with Gasteiger partial charge in [0.15, 0.2) is 5.82 Å². The van der Waals surface area contributed by atoms with Gasteiger partial charge in [-0.1, -0.05) is 55.5 Å². The first-order valence-corrected chi connectivity index (χ1v) is 9.69. The molecule has 0 spiro atoms. The number of para-hydroxylation sites is 1. The van der Waals surface area contributed by atoms with E-state index in [-0.39, 0.29) is 6.04 Å². The van der Waals surface area contributed by atoms with E-state index in [9.17, 15) is 0 Å². The van der Waals surface area contributed by atoms with E-state index in [0.29, 0.717) is 6.54 Å². The molecule has 4 rings (SSSR count). The number of aromatic nitrogens is 4. The second kappa shape index (κ2) is 8.31. The maximum absolute atomic E-state index is 4.38. The van der Waals surface area contributed by atoms with Crippen molar-refractivity contribution in [1.29, 1.82) is 0 Å².